The molecule has 0 saturated carbocycles. The minimum absolute atomic E-state index is 0.0137. The second kappa shape index (κ2) is 10.3. The van der Waals surface area contributed by atoms with Gasteiger partial charge in [-0.2, -0.15) is 0 Å². The third kappa shape index (κ3) is 7.67. The summed E-state index contributed by atoms with van der Waals surface area (Å²) in [7, 11) is 3.23. The lowest BCUT2D eigenvalue weighted by molar-refractivity contribution is -0.129. The summed E-state index contributed by atoms with van der Waals surface area (Å²) in [6, 6.07) is 6.34. The molecule has 8 nitrogen and oxygen atoms in total. The van der Waals surface area contributed by atoms with E-state index in [0.29, 0.717) is 18.0 Å². The first-order valence-electron chi connectivity index (χ1n) is 8.05. The second-order valence-corrected chi connectivity index (χ2v) is 5.63. The first kappa shape index (κ1) is 20.4. The summed E-state index contributed by atoms with van der Waals surface area (Å²) < 4.78 is 5.05. The monoisotopic (exact) mass is 350 g/mol. The molecular formula is C17H26N4O4. The molecule has 0 aromatic heterocycles. The highest BCUT2D eigenvalue weighted by atomic mass is 16.5. The molecule has 1 aromatic rings. The number of anilines is 1. The number of carbonyl (C=O) groups excluding carboxylic acids is 3. The Morgan fingerprint density at radius 1 is 1.12 bits per heavy atom. The van der Waals surface area contributed by atoms with Crippen LogP contribution in [0.1, 0.15) is 13.8 Å². The summed E-state index contributed by atoms with van der Waals surface area (Å²) in [5, 5.41) is 7.97. The van der Waals surface area contributed by atoms with Crippen molar-refractivity contribution in [3.8, 4) is 5.75 Å². The molecule has 0 heterocycles. The van der Waals surface area contributed by atoms with Crippen LogP contribution in [0.2, 0.25) is 0 Å². The standard InChI is InChI=1S/C17H26N4O4/c1-5-18-17(24)12(2)19-15(22)10-21(3)11-16(23)20-13-6-8-14(25-4)9-7-13/h6-9,12H,5,10-11H2,1-4H3,(H,18,24)(H,19,22)(H,20,23)/t12-/m1/s1. The molecule has 0 spiro atoms. The third-order valence-corrected chi connectivity index (χ3v) is 3.32. The summed E-state index contributed by atoms with van der Waals surface area (Å²) in [5.74, 6) is -0.0977. The molecule has 1 aromatic carbocycles. The fourth-order valence-electron chi connectivity index (χ4n) is 2.10. The van der Waals surface area contributed by atoms with Gasteiger partial charge in [-0.25, -0.2) is 0 Å². The predicted molar refractivity (Wildman–Crippen MR) is 95.4 cm³/mol. The normalized spacial score (nSPS) is 11.6. The van der Waals surface area contributed by atoms with E-state index < -0.39 is 6.04 Å². The van der Waals surface area contributed by atoms with Crippen LogP contribution in [-0.4, -0.2) is 62.5 Å². The molecule has 0 radical (unpaired) electrons. The maximum atomic E-state index is 12.0. The maximum Gasteiger partial charge on any atom is 0.242 e. The van der Waals surface area contributed by atoms with Gasteiger partial charge in [0.15, 0.2) is 0 Å². The highest BCUT2D eigenvalue weighted by molar-refractivity contribution is 5.93. The summed E-state index contributed by atoms with van der Waals surface area (Å²) >= 11 is 0. The van der Waals surface area contributed by atoms with Crippen molar-refractivity contribution in [2.24, 2.45) is 0 Å². The first-order chi connectivity index (χ1) is 11.8. The first-order valence-corrected chi connectivity index (χ1v) is 8.05. The summed E-state index contributed by atoms with van der Waals surface area (Å²) in [6.07, 6.45) is 0. The van der Waals surface area contributed by atoms with Crippen molar-refractivity contribution in [3.05, 3.63) is 24.3 Å². The Morgan fingerprint density at radius 3 is 2.28 bits per heavy atom. The number of methoxy groups -OCH3 is 1. The van der Waals surface area contributed by atoms with Gasteiger partial charge in [0.25, 0.3) is 0 Å². The van der Waals surface area contributed by atoms with Crippen LogP contribution in [-0.2, 0) is 14.4 Å². The molecule has 25 heavy (non-hydrogen) atoms. The van der Waals surface area contributed by atoms with Gasteiger partial charge >= 0.3 is 0 Å². The van der Waals surface area contributed by atoms with E-state index in [4.69, 9.17) is 4.74 Å². The van der Waals surface area contributed by atoms with Crippen molar-refractivity contribution in [3.63, 3.8) is 0 Å². The van der Waals surface area contributed by atoms with Crippen LogP contribution in [0.15, 0.2) is 24.3 Å². The van der Waals surface area contributed by atoms with Crippen LogP contribution in [0.5, 0.6) is 5.75 Å². The number of nitrogens with zero attached hydrogens (tertiary/aromatic N) is 1. The van der Waals surface area contributed by atoms with E-state index >= 15 is 0 Å². The zero-order valence-corrected chi connectivity index (χ0v) is 15.1. The average Bonchev–Trinajstić information content (AvgIpc) is 2.55. The van der Waals surface area contributed by atoms with Gasteiger partial charge in [-0.05, 0) is 45.2 Å². The second-order valence-electron chi connectivity index (χ2n) is 5.63. The number of hydrogen-bond acceptors (Lipinski definition) is 5. The number of rotatable bonds is 9. The molecule has 8 heteroatoms. The molecule has 0 saturated heterocycles. The Morgan fingerprint density at radius 2 is 1.72 bits per heavy atom. The SMILES string of the molecule is CCNC(=O)[C@@H](C)NC(=O)CN(C)CC(=O)Nc1ccc(OC)cc1. The molecule has 0 fully saturated rings. The summed E-state index contributed by atoms with van der Waals surface area (Å²) in [5.41, 5.74) is 0.647. The number of amides is 3. The van der Waals surface area contributed by atoms with E-state index in [-0.39, 0.29) is 30.8 Å². The molecule has 1 rings (SSSR count). The average molecular weight is 350 g/mol. The van der Waals surface area contributed by atoms with E-state index in [9.17, 15) is 14.4 Å². The molecule has 0 aliphatic heterocycles. The lowest BCUT2D eigenvalue weighted by atomic mass is 10.3. The highest BCUT2D eigenvalue weighted by Gasteiger charge is 2.16. The molecule has 0 unspecified atom stereocenters. The van der Waals surface area contributed by atoms with E-state index in [1.807, 2.05) is 6.92 Å². The molecule has 3 amide bonds. The van der Waals surface area contributed by atoms with Gasteiger partial charge in [-0.1, -0.05) is 0 Å². The molecular weight excluding hydrogens is 324 g/mol. The number of benzene rings is 1. The molecule has 3 N–H and O–H groups in total. The Hall–Kier alpha value is -2.61. The molecule has 1 atom stereocenters. The zero-order valence-electron chi connectivity index (χ0n) is 15.1. The zero-order chi connectivity index (χ0) is 18.8. The maximum absolute atomic E-state index is 12.0. The highest BCUT2D eigenvalue weighted by Crippen LogP contribution is 2.14. The van der Waals surface area contributed by atoms with E-state index in [2.05, 4.69) is 16.0 Å². The lowest BCUT2D eigenvalue weighted by Gasteiger charge is -2.18. The molecule has 138 valence electrons. The van der Waals surface area contributed by atoms with Gasteiger partial charge in [0.1, 0.15) is 11.8 Å². The van der Waals surface area contributed by atoms with Crippen LogP contribution in [0, 0.1) is 0 Å². The minimum Gasteiger partial charge on any atom is -0.497 e. The Labute approximate surface area is 147 Å². The molecule has 0 aliphatic carbocycles. The van der Waals surface area contributed by atoms with Gasteiger partial charge in [-0.15, -0.1) is 0 Å². The van der Waals surface area contributed by atoms with Crippen LogP contribution >= 0.6 is 0 Å². The van der Waals surface area contributed by atoms with E-state index in [0.717, 1.165) is 0 Å². The number of hydrogen-bond donors (Lipinski definition) is 3. The van der Waals surface area contributed by atoms with E-state index in [1.165, 1.54) is 0 Å². The lowest BCUT2D eigenvalue weighted by Crippen LogP contribution is -2.48. The number of nitrogens with one attached hydrogen (secondary N) is 3. The summed E-state index contributed by atoms with van der Waals surface area (Å²) in [4.78, 5) is 37.0. The van der Waals surface area contributed by atoms with Crippen molar-refractivity contribution in [2.75, 3.05) is 39.1 Å². The van der Waals surface area contributed by atoms with Crippen LogP contribution in [0.25, 0.3) is 0 Å². The minimum atomic E-state index is -0.617. The van der Waals surface area contributed by atoms with Gasteiger partial charge in [0.05, 0.1) is 20.2 Å². The number of likely N-dealkylation sites (N-methyl/N-ethyl adjacent to an activating group) is 2. The Balaban J connectivity index is 2.39. The fourth-order valence-corrected chi connectivity index (χ4v) is 2.10. The Bertz CT molecular complexity index is 589. The van der Waals surface area contributed by atoms with Crippen molar-refractivity contribution in [1.82, 2.24) is 15.5 Å². The largest absolute Gasteiger partial charge is 0.497 e. The van der Waals surface area contributed by atoms with Crippen LogP contribution in [0.4, 0.5) is 5.69 Å². The topological polar surface area (TPSA) is 99.8 Å². The molecule has 0 aliphatic rings. The Kier molecular flexibility index (Phi) is 8.42. The van der Waals surface area contributed by atoms with Gasteiger partial charge in [-0.3, -0.25) is 19.3 Å². The predicted octanol–water partition coefficient (Wildman–Crippen LogP) is 0.206. The van der Waals surface area contributed by atoms with Gasteiger partial charge in [0, 0.05) is 12.2 Å². The van der Waals surface area contributed by atoms with Crippen LogP contribution < -0.4 is 20.7 Å². The van der Waals surface area contributed by atoms with Gasteiger partial charge in [0.2, 0.25) is 17.7 Å². The third-order valence-electron chi connectivity index (χ3n) is 3.32. The quantitative estimate of drug-likeness (QED) is 0.591. The number of ether oxygens (including phenoxy) is 1. The van der Waals surface area contributed by atoms with Crippen molar-refractivity contribution < 1.29 is 19.1 Å². The van der Waals surface area contributed by atoms with Crippen molar-refractivity contribution >= 4 is 23.4 Å². The molecule has 0 bridgehead atoms. The van der Waals surface area contributed by atoms with Gasteiger partial charge < -0.3 is 20.7 Å². The number of carbonyl (C=O) groups is 3. The summed E-state index contributed by atoms with van der Waals surface area (Å²) in [6.45, 7) is 3.99. The van der Waals surface area contributed by atoms with E-state index in [1.54, 1.807) is 50.2 Å². The van der Waals surface area contributed by atoms with Crippen molar-refractivity contribution in [1.29, 1.82) is 0 Å². The fraction of sp³-hybridized carbons (Fsp3) is 0.471. The van der Waals surface area contributed by atoms with Crippen LogP contribution in [0.3, 0.4) is 0 Å². The van der Waals surface area contributed by atoms with Crippen molar-refractivity contribution in [2.45, 2.75) is 19.9 Å². The smallest absolute Gasteiger partial charge is 0.242 e.